The van der Waals surface area contributed by atoms with Gasteiger partial charge in [-0.2, -0.15) is 0 Å². The monoisotopic (exact) mass is 330 g/mol. The van der Waals surface area contributed by atoms with Gasteiger partial charge in [0.2, 0.25) is 5.91 Å². The number of benzene rings is 2. The summed E-state index contributed by atoms with van der Waals surface area (Å²) in [4.78, 5) is 24.0. The molecule has 3 rings (SSSR count). The highest BCUT2D eigenvalue weighted by Gasteiger charge is 2.25. The Balaban J connectivity index is 1.79. The van der Waals surface area contributed by atoms with Gasteiger partial charge in [-0.1, -0.05) is 35.9 Å². The molecular weight excluding hydrogens is 316 g/mol. The van der Waals surface area contributed by atoms with Crippen molar-refractivity contribution in [1.82, 2.24) is 0 Å². The predicted molar refractivity (Wildman–Crippen MR) is 88.9 cm³/mol. The maximum atomic E-state index is 12.2. The van der Waals surface area contributed by atoms with Crippen LogP contribution < -0.4 is 15.4 Å². The molecule has 118 valence electrons. The molecule has 2 aromatic rings. The van der Waals surface area contributed by atoms with Crippen LogP contribution in [-0.4, -0.2) is 17.9 Å². The SMILES string of the molecule is CC1Oc2cccc(NC(=O)Cc3ccccc3Cl)c2NC1=O. The Morgan fingerprint density at radius 2 is 2.04 bits per heavy atom. The smallest absolute Gasteiger partial charge is 0.265 e. The van der Waals surface area contributed by atoms with E-state index in [1.54, 1.807) is 37.3 Å². The lowest BCUT2D eigenvalue weighted by atomic mass is 10.1. The Bertz CT molecular complexity index is 776. The Morgan fingerprint density at radius 1 is 1.26 bits per heavy atom. The summed E-state index contributed by atoms with van der Waals surface area (Å²) in [6.45, 7) is 1.67. The first kappa shape index (κ1) is 15.4. The molecule has 1 heterocycles. The number of rotatable bonds is 3. The third-order valence-electron chi connectivity index (χ3n) is 3.53. The number of carbonyl (C=O) groups excluding carboxylic acids is 2. The number of fused-ring (bicyclic) bond motifs is 1. The molecule has 0 radical (unpaired) electrons. The number of anilines is 2. The fourth-order valence-corrected chi connectivity index (χ4v) is 2.54. The van der Waals surface area contributed by atoms with Crippen LogP contribution in [0.4, 0.5) is 11.4 Å². The van der Waals surface area contributed by atoms with Gasteiger partial charge in [0, 0.05) is 5.02 Å². The number of para-hydroxylation sites is 1. The number of halogens is 1. The summed E-state index contributed by atoms with van der Waals surface area (Å²) in [5.41, 5.74) is 1.72. The summed E-state index contributed by atoms with van der Waals surface area (Å²) >= 11 is 6.06. The van der Waals surface area contributed by atoms with Crippen molar-refractivity contribution >= 4 is 34.8 Å². The van der Waals surface area contributed by atoms with Crippen LogP contribution in [0.1, 0.15) is 12.5 Å². The lowest BCUT2D eigenvalue weighted by Crippen LogP contribution is -2.35. The van der Waals surface area contributed by atoms with E-state index in [0.717, 1.165) is 5.56 Å². The molecule has 23 heavy (non-hydrogen) atoms. The van der Waals surface area contributed by atoms with E-state index in [0.29, 0.717) is 22.1 Å². The number of ether oxygens (including phenoxy) is 1. The average molecular weight is 331 g/mol. The molecule has 1 atom stereocenters. The molecule has 0 aromatic heterocycles. The van der Waals surface area contributed by atoms with Crippen molar-refractivity contribution < 1.29 is 14.3 Å². The third kappa shape index (κ3) is 3.29. The summed E-state index contributed by atoms with van der Waals surface area (Å²) in [6, 6.07) is 12.4. The molecule has 2 aromatic carbocycles. The van der Waals surface area contributed by atoms with Gasteiger partial charge in [-0.3, -0.25) is 9.59 Å². The van der Waals surface area contributed by atoms with E-state index in [1.807, 2.05) is 12.1 Å². The Morgan fingerprint density at radius 3 is 2.83 bits per heavy atom. The van der Waals surface area contributed by atoms with Crippen molar-refractivity contribution in [2.75, 3.05) is 10.6 Å². The van der Waals surface area contributed by atoms with Gasteiger partial charge in [-0.05, 0) is 30.7 Å². The molecule has 0 aliphatic carbocycles. The van der Waals surface area contributed by atoms with Crippen molar-refractivity contribution in [2.45, 2.75) is 19.4 Å². The lowest BCUT2D eigenvalue weighted by molar-refractivity contribution is -0.122. The number of carbonyl (C=O) groups is 2. The second-order valence-corrected chi connectivity index (χ2v) is 5.65. The summed E-state index contributed by atoms with van der Waals surface area (Å²) in [6.07, 6.45) is -0.411. The van der Waals surface area contributed by atoms with E-state index in [2.05, 4.69) is 10.6 Å². The van der Waals surface area contributed by atoms with Crippen LogP contribution in [0.3, 0.4) is 0 Å². The number of amides is 2. The van der Waals surface area contributed by atoms with Gasteiger partial charge in [-0.25, -0.2) is 0 Å². The molecule has 6 heteroatoms. The van der Waals surface area contributed by atoms with Gasteiger partial charge in [-0.15, -0.1) is 0 Å². The zero-order chi connectivity index (χ0) is 16.4. The normalized spacial score (nSPS) is 16.1. The minimum absolute atomic E-state index is 0.147. The second-order valence-electron chi connectivity index (χ2n) is 5.24. The molecule has 1 aliphatic rings. The van der Waals surface area contributed by atoms with Crippen molar-refractivity contribution in [2.24, 2.45) is 0 Å². The molecule has 1 aliphatic heterocycles. The fraction of sp³-hybridized carbons (Fsp3) is 0.176. The van der Waals surface area contributed by atoms with E-state index < -0.39 is 6.10 Å². The fourth-order valence-electron chi connectivity index (χ4n) is 2.34. The van der Waals surface area contributed by atoms with Gasteiger partial charge >= 0.3 is 0 Å². The van der Waals surface area contributed by atoms with Crippen LogP contribution in [0.2, 0.25) is 5.02 Å². The Kier molecular flexibility index (Phi) is 4.21. The first-order valence-corrected chi connectivity index (χ1v) is 7.56. The molecule has 0 bridgehead atoms. The maximum absolute atomic E-state index is 12.2. The lowest BCUT2D eigenvalue weighted by Gasteiger charge is -2.25. The van der Waals surface area contributed by atoms with Crippen LogP contribution in [0.15, 0.2) is 42.5 Å². The molecule has 0 saturated heterocycles. The number of hydrogen-bond donors (Lipinski definition) is 2. The summed E-state index contributed by atoms with van der Waals surface area (Å²) < 4.78 is 5.52. The van der Waals surface area contributed by atoms with Gasteiger partial charge < -0.3 is 15.4 Å². The van der Waals surface area contributed by atoms with E-state index >= 15 is 0 Å². The van der Waals surface area contributed by atoms with Crippen molar-refractivity contribution in [3.8, 4) is 5.75 Å². The molecule has 0 spiro atoms. The number of nitrogens with one attached hydrogen (secondary N) is 2. The second kappa shape index (κ2) is 6.30. The van der Waals surface area contributed by atoms with Gasteiger partial charge in [0.05, 0.1) is 12.1 Å². The predicted octanol–water partition coefficient (Wildman–Crippen LogP) is 3.24. The highest BCUT2D eigenvalue weighted by molar-refractivity contribution is 6.31. The van der Waals surface area contributed by atoms with Crippen LogP contribution in [0.25, 0.3) is 0 Å². The summed E-state index contributed by atoms with van der Waals surface area (Å²) in [5, 5.41) is 6.09. The largest absolute Gasteiger partial charge is 0.479 e. The third-order valence-corrected chi connectivity index (χ3v) is 3.90. The zero-order valence-corrected chi connectivity index (χ0v) is 13.2. The van der Waals surface area contributed by atoms with E-state index in [-0.39, 0.29) is 18.2 Å². The van der Waals surface area contributed by atoms with E-state index in [4.69, 9.17) is 16.3 Å². The minimum Gasteiger partial charge on any atom is -0.479 e. The molecule has 1 unspecified atom stereocenters. The van der Waals surface area contributed by atoms with Crippen LogP contribution in [-0.2, 0) is 16.0 Å². The van der Waals surface area contributed by atoms with E-state index in [1.165, 1.54) is 0 Å². The minimum atomic E-state index is -0.559. The highest BCUT2D eigenvalue weighted by atomic mass is 35.5. The van der Waals surface area contributed by atoms with Crippen molar-refractivity contribution in [3.63, 3.8) is 0 Å². The zero-order valence-electron chi connectivity index (χ0n) is 12.4. The van der Waals surface area contributed by atoms with E-state index in [9.17, 15) is 9.59 Å². The Labute approximate surface area is 138 Å². The van der Waals surface area contributed by atoms with Crippen LogP contribution >= 0.6 is 11.6 Å². The topological polar surface area (TPSA) is 67.4 Å². The van der Waals surface area contributed by atoms with Gasteiger partial charge in [0.15, 0.2) is 6.10 Å². The number of hydrogen-bond acceptors (Lipinski definition) is 3. The quantitative estimate of drug-likeness (QED) is 0.907. The molecule has 5 nitrogen and oxygen atoms in total. The summed E-state index contributed by atoms with van der Waals surface area (Å²) in [7, 11) is 0. The first-order valence-electron chi connectivity index (χ1n) is 7.18. The van der Waals surface area contributed by atoms with Gasteiger partial charge in [0.25, 0.3) is 5.91 Å². The average Bonchev–Trinajstić information content (AvgIpc) is 2.51. The standard InChI is InChI=1S/C17H15ClN2O3/c1-10-17(22)20-16-13(7-4-8-14(16)23-10)19-15(21)9-11-5-2-3-6-12(11)18/h2-8,10H,9H2,1H3,(H,19,21)(H,20,22). The summed E-state index contributed by atoms with van der Waals surface area (Å²) in [5.74, 6) is 0.0670. The molecule has 0 fully saturated rings. The van der Waals surface area contributed by atoms with Crippen LogP contribution in [0.5, 0.6) is 5.75 Å². The molecular formula is C17H15ClN2O3. The van der Waals surface area contributed by atoms with Crippen LogP contribution in [0, 0.1) is 0 Å². The molecule has 2 amide bonds. The maximum Gasteiger partial charge on any atom is 0.265 e. The molecule has 0 saturated carbocycles. The van der Waals surface area contributed by atoms with Crippen molar-refractivity contribution in [3.05, 3.63) is 53.1 Å². The highest BCUT2D eigenvalue weighted by Crippen LogP contribution is 2.36. The van der Waals surface area contributed by atoms with Crippen molar-refractivity contribution in [1.29, 1.82) is 0 Å². The molecule has 2 N–H and O–H groups in total. The van der Waals surface area contributed by atoms with Gasteiger partial charge in [0.1, 0.15) is 11.4 Å². The Hall–Kier alpha value is -2.53. The first-order chi connectivity index (χ1) is 11.0.